The van der Waals surface area contributed by atoms with Gasteiger partial charge in [0.05, 0.1) is 18.1 Å². The normalized spacial score (nSPS) is 10.3. The monoisotopic (exact) mass is 179 g/mol. The number of halogens is 1. The third kappa shape index (κ3) is 1.41. The highest BCUT2D eigenvalue weighted by Crippen LogP contribution is 2.14. The van der Waals surface area contributed by atoms with Crippen LogP contribution in [0.25, 0.3) is 11.0 Å². The molecule has 66 valence electrons. The topological polar surface area (TPSA) is 58.0 Å². The Kier molecular flexibility index (Phi) is 1.79. The summed E-state index contributed by atoms with van der Waals surface area (Å²) < 4.78 is 12.7. The van der Waals surface area contributed by atoms with Crippen LogP contribution in [0.3, 0.4) is 0 Å². The van der Waals surface area contributed by atoms with Crippen LogP contribution in [0.4, 0.5) is 10.1 Å². The predicted molar refractivity (Wildman–Crippen MR) is 44.9 cm³/mol. The third-order valence-corrected chi connectivity index (χ3v) is 1.63. The maximum absolute atomic E-state index is 12.7. The Bertz CT molecular complexity index is 446. The van der Waals surface area contributed by atoms with Crippen LogP contribution in [0.1, 0.15) is 0 Å². The minimum atomic E-state index is -0.426. The van der Waals surface area contributed by atoms with Crippen molar-refractivity contribution < 1.29 is 9.60 Å². The first-order chi connectivity index (χ1) is 6.29. The Morgan fingerprint density at radius 2 is 2.00 bits per heavy atom. The second-order valence-corrected chi connectivity index (χ2v) is 2.54. The molecule has 2 rings (SSSR count). The van der Waals surface area contributed by atoms with Crippen LogP contribution < -0.4 is 5.48 Å². The van der Waals surface area contributed by atoms with E-state index in [1.165, 1.54) is 12.3 Å². The van der Waals surface area contributed by atoms with E-state index in [1.54, 1.807) is 6.07 Å². The fourth-order valence-corrected chi connectivity index (χ4v) is 1.06. The second kappa shape index (κ2) is 2.95. The van der Waals surface area contributed by atoms with Crippen molar-refractivity contribution in [3.8, 4) is 0 Å². The van der Waals surface area contributed by atoms with E-state index < -0.39 is 5.82 Å². The average Bonchev–Trinajstić information content (AvgIpc) is 2.16. The summed E-state index contributed by atoms with van der Waals surface area (Å²) in [7, 11) is 0. The molecule has 0 aliphatic carbocycles. The summed E-state index contributed by atoms with van der Waals surface area (Å²) in [6.45, 7) is 0. The Morgan fingerprint density at radius 1 is 1.23 bits per heavy atom. The molecule has 0 spiro atoms. The Balaban J connectivity index is 2.68. The van der Waals surface area contributed by atoms with Gasteiger partial charge in [-0.2, -0.15) is 0 Å². The molecule has 2 aromatic rings. The first-order valence-electron chi connectivity index (χ1n) is 3.61. The molecule has 0 radical (unpaired) electrons. The van der Waals surface area contributed by atoms with Crippen LogP contribution >= 0.6 is 0 Å². The number of anilines is 1. The molecule has 0 unspecified atom stereocenters. The summed E-state index contributed by atoms with van der Waals surface area (Å²) in [5.74, 6) is -0.426. The van der Waals surface area contributed by atoms with E-state index in [2.05, 4.69) is 9.97 Å². The molecule has 2 aromatic heterocycles. The molecular formula is C8H6FN3O. The zero-order valence-corrected chi connectivity index (χ0v) is 6.53. The lowest BCUT2D eigenvalue weighted by molar-refractivity contribution is 0.389. The quantitative estimate of drug-likeness (QED) is 0.652. The average molecular weight is 179 g/mol. The van der Waals surface area contributed by atoms with Crippen molar-refractivity contribution in [1.82, 2.24) is 9.97 Å². The standard InChI is InChI=1S/C8H6FN3O/c9-6-1-5-2-7(12-13)4-11-8(5)10-3-6/h1-4,12-13H. The number of aromatic nitrogens is 2. The summed E-state index contributed by atoms with van der Waals surface area (Å²) in [5.41, 5.74) is 2.77. The lowest BCUT2D eigenvalue weighted by atomic mass is 10.3. The Hall–Kier alpha value is -1.75. The minimum Gasteiger partial charge on any atom is -0.291 e. The van der Waals surface area contributed by atoms with Crippen LogP contribution in [0.15, 0.2) is 24.5 Å². The van der Waals surface area contributed by atoms with Gasteiger partial charge in [0.15, 0.2) is 5.65 Å². The zero-order chi connectivity index (χ0) is 9.26. The first-order valence-corrected chi connectivity index (χ1v) is 3.61. The van der Waals surface area contributed by atoms with E-state index >= 15 is 0 Å². The first kappa shape index (κ1) is 7.88. The van der Waals surface area contributed by atoms with Gasteiger partial charge in [-0.1, -0.05) is 0 Å². The minimum absolute atomic E-state index is 0.403. The van der Waals surface area contributed by atoms with Crippen LogP contribution in [0.2, 0.25) is 0 Å². The molecule has 0 aliphatic rings. The van der Waals surface area contributed by atoms with Crippen molar-refractivity contribution in [2.24, 2.45) is 0 Å². The second-order valence-electron chi connectivity index (χ2n) is 2.54. The fraction of sp³-hybridized carbons (Fsp3) is 0. The van der Waals surface area contributed by atoms with Crippen molar-refractivity contribution in [3.05, 3.63) is 30.3 Å². The van der Waals surface area contributed by atoms with E-state index in [9.17, 15) is 4.39 Å². The van der Waals surface area contributed by atoms with Crippen LogP contribution in [-0.4, -0.2) is 15.2 Å². The zero-order valence-electron chi connectivity index (χ0n) is 6.53. The highest BCUT2D eigenvalue weighted by Gasteiger charge is 1.99. The molecule has 0 amide bonds. The van der Waals surface area contributed by atoms with Crippen molar-refractivity contribution in [1.29, 1.82) is 0 Å². The summed E-state index contributed by atoms with van der Waals surface area (Å²) in [4.78, 5) is 7.65. The predicted octanol–water partition coefficient (Wildman–Crippen LogP) is 1.57. The molecule has 4 nitrogen and oxygen atoms in total. The smallest absolute Gasteiger partial charge is 0.159 e. The summed E-state index contributed by atoms with van der Waals surface area (Å²) in [6, 6.07) is 2.86. The molecular weight excluding hydrogens is 173 g/mol. The largest absolute Gasteiger partial charge is 0.291 e. The van der Waals surface area contributed by atoms with Gasteiger partial charge in [0.2, 0.25) is 0 Å². The van der Waals surface area contributed by atoms with Gasteiger partial charge in [-0.15, -0.1) is 0 Å². The highest BCUT2D eigenvalue weighted by atomic mass is 19.1. The highest BCUT2D eigenvalue weighted by molar-refractivity contribution is 5.77. The van der Waals surface area contributed by atoms with Gasteiger partial charge >= 0.3 is 0 Å². The molecule has 0 saturated carbocycles. The Labute approximate surface area is 73.0 Å². The molecule has 2 N–H and O–H groups in total. The maximum Gasteiger partial charge on any atom is 0.159 e. The molecule has 0 saturated heterocycles. The van der Waals surface area contributed by atoms with Crippen LogP contribution in [-0.2, 0) is 0 Å². The van der Waals surface area contributed by atoms with E-state index in [-0.39, 0.29) is 0 Å². The van der Waals surface area contributed by atoms with Gasteiger partial charge in [0.1, 0.15) is 5.82 Å². The van der Waals surface area contributed by atoms with E-state index in [1.807, 2.05) is 5.48 Å². The summed E-state index contributed by atoms with van der Waals surface area (Å²) >= 11 is 0. The Morgan fingerprint density at radius 3 is 2.77 bits per heavy atom. The number of fused-ring (bicyclic) bond motifs is 1. The molecule has 0 aliphatic heterocycles. The van der Waals surface area contributed by atoms with E-state index in [0.717, 1.165) is 6.20 Å². The maximum atomic E-state index is 12.7. The molecule has 2 heterocycles. The molecule has 5 heteroatoms. The van der Waals surface area contributed by atoms with Gasteiger partial charge in [-0.3, -0.25) is 10.7 Å². The number of hydrogen-bond donors (Lipinski definition) is 2. The number of nitrogens with one attached hydrogen (secondary N) is 1. The van der Waals surface area contributed by atoms with Gasteiger partial charge in [-0.25, -0.2) is 14.4 Å². The van der Waals surface area contributed by atoms with Crippen LogP contribution in [0.5, 0.6) is 0 Å². The van der Waals surface area contributed by atoms with Crippen molar-refractivity contribution in [3.63, 3.8) is 0 Å². The molecule has 0 bridgehead atoms. The van der Waals surface area contributed by atoms with Crippen LogP contribution in [0, 0.1) is 5.82 Å². The molecule has 0 aromatic carbocycles. The summed E-state index contributed by atoms with van der Waals surface area (Å²) in [5, 5.41) is 9.10. The molecule has 0 atom stereocenters. The SMILES string of the molecule is ONc1cnc2ncc(F)cc2c1. The lowest BCUT2D eigenvalue weighted by Crippen LogP contribution is -1.92. The van der Waals surface area contributed by atoms with Crippen molar-refractivity contribution in [2.75, 3.05) is 5.48 Å². The molecule has 0 fully saturated rings. The van der Waals surface area contributed by atoms with Crippen molar-refractivity contribution in [2.45, 2.75) is 0 Å². The third-order valence-electron chi connectivity index (χ3n) is 1.63. The van der Waals surface area contributed by atoms with Gasteiger partial charge in [-0.05, 0) is 12.1 Å². The van der Waals surface area contributed by atoms with Gasteiger partial charge in [0.25, 0.3) is 0 Å². The lowest BCUT2D eigenvalue weighted by Gasteiger charge is -1.99. The number of pyridine rings is 2. The van der Waals surface area contributed by atoms with Gasteiger partial charge < -0.3 is 0 Å². The number of hydrogen-bond acceptors (Lipinski definition) is 4. The fourth-order valence-electron chi connectivity index (χ4n) is 1.06. The van der Waals surface area contributed by atoms with Crippen molar-refractivity contribution >= 4 is 16.7 Å². The summed E-state index contributed by atoms with van der Waals surface area (Å²) in [6.07, 6.45) is 2.51. The number of rotatable bonds is 1. The van der Waals surface area contributed by atoms with E-state index in [0.29, 0.717) is 16.7 Å². The van der Waals surface area contributed by atoms with Gasteiger partial charge in [0, 0.05) is 5.39 Å². The molecule has 13 heavy (non-hydrogen) atoms. The van der Waals surface area contributed by atoms with E-state index in [4.69, 9.17) is 5.21 Å². The number of nitrogens with zero attached hydrogens (tertiary/aromatic N) is 2.